The van der Waals surface area contributed by atoms with E-state index in [1.807, 2.05) is 12.1 Å². The van der Waals surface area contributed by atoms with Crippen molar-refractivity contribution in [2.75, 3.05) is 32.5 Å². The molecular formula is C9H14BrN3. The summed E-state index contributed by atoms with van der Waals surface area (Å²) in [6.45, 7) is 1.98. The second kappa shape index (κ2) is 5.19. The summed E-state index contributed by atoms with van der Waals surface area (Å²) in [4.78, 5) is 6.19. The zero-order valence-electron chi connectivity index (χ0n) is 7.92. The van der Waals surface area contributed by atoms with E-state index in [1.54, 1.807) is 6.20 Å². The quantitative estimate of drug-likeness (QED) is 0.819. The number of anilines is 1. The van der Waals surface area contributed by atoms with E-state index in [0.29, 0.717) is 0 Å². The molecule has 0 aliphatic rings. The highest BCUT2D eigenvalue weighted by Gasteiger charge is 1.93. The molecule has 0 saturated carbocycles. The minimum Gasteiger partial charge on any atom is -0.384 e. The van der Waals surface area contributed by atoms with E-state index >= 15 is 0 Å². The Morgan fingerprint density at radius 2 is 2.31 bits per heavy atom. The van der Waals surface area contributed by atoms with Crippen molar-refractivity contribution in [2.24, 2.45) is 0 Å². The number of nitrogens with zero attached hydrogens (tertiary/aromatic N) is 2. The average molecular weight is 244 g/mol. The lowest BCUT2D eigenvalue weighted by Crippen LogP contribution is -2.20. The highest BCUT2D eigenvalue weighted by molar-refractivity contribution is 9.10. The fraction of sp³-hybridized carbons (Fsp3) is 0.444. The SMILES string of the molecule is CN(C)CCNc1ccnc(Br)c1. The molecule has 0 unspecified atom stereocenters. The van der Waals surface area contributed by atoms with Crippen LogP contribution in [0, 0.1) is 0 Å². The van der Waals surface area contributed by atoms with Crippen LogP contribution in [0.3, 0.4) is 0 Å². The Hall–Kier alpha value is -0.610. The van der Waals surface area contributed by atoms with Crippen LogP contribution in [0.2, 0.25) is 0 Å². The van der Waals surface area contributed by atoms with Crippen molar-refractivity contribution in [3.63, 3.8) is 0 Å². The molecular weight excluding hydrogens is 230 g/mol. The van der Waals surface area contributed by atoms with Crippen LogP contribution < -0.4 is 5.32 Å². The van der Waals surface area contributed by atoms with Gasteiger partial charge in [0.25, 0.3) is 0 Å². The van der Waals surface area contributed by atoms with Crippen LogP contribution in [0.15, 0.2) is 22.9 Å². The third kappa shape index (κ3) is 4.24. The average Bonchev–Trinajstić information content (AvgIpc) is 2.03. The number of hydrogen-bond acceptors (Lipinski definition) is 3. The zero-order chi connectivity index (χ0) is 9.68. The van der Waals surface area contributed by atoms with E-state index in [-0.39, 0.29) is 0 Å². The first kappa shape index (κ1) is 10.5. The predicted octanol–water partition coefficient (Wildman–Crippen LogP) is 1.82. The maximum absolute atomic E-state index is 4.05. The topological polar surface area (TPSA) is 28.2 Å². The molecule has 0 aliphatic carbocycles. The largest absolute Gasteiger partial charge is 0.384 e. The van der Waals surface area contributed by atoms with Crippen molar-refractivity contribution in [1.82, 2.24) is 9.88 Å². The number of aromatic nitrogens is 1. The van der Waals surface area contributed by atoms with Gasteiger partial charge in [-0.25, -0.2) is 4.98 Å². The van der Waals surface area contributed by atoms with Gasteiger partial charge < -0.3 is 10.2 Å². The van der Waals surface area contributed by atoms with Crippen LogP contribution in [-0.2, 0) is 0 Å². The molecule has 72 valence electrons. The molecule has 0 fully saturated rings. The smallest absolute Gasteiger partial charge is 0.108 e. The van der Waals surface area contributed by atoms with E-state index in [2.05, 4.69) is 45.2 Å². The third-order valence-electron chi connectivity index (χ3n) is 1.61. The van der Waals surface area contributed by atoms with E-state index in [4.69, 9.17) is 0 Å². The fourth-order valence-corrected chi connectivity index (χ4v) is 1.30. The number of pyridine rings is 1. The first-order chi connectivity index (χ1) is 6.18. The highest BCUT2D eigenvalue weighted by Crippen LogP contribution is 2.11. The number of hydrogen-bond donors (Lipinski definition) is 1. The molecule has 4 heteroatoms. The Bertz CT molecular complexity index is 263. The Balaban J connectivity index is 2.37. The lowest BCUT2D eigenvalue weighted by Gasteiger charge is -2.11. The summed E-state index contributed by atoms with van der Waals surface area (Å²) >= 11 is 3.32. The maximum Gasteiger partial charge on any atom is 0.108 e. The van der Waals surface area contributed by atoms with Gasteiger partial charge in [-0.05, 0) is 42.2 Å². The van der Waals surface area contributed by atoms with Crippen molar-refractivity contribution in [2.45, 2.75) is 0 Å². The molecule has 0 bridgehead atoms. The van der Waals surface area contributed by atoms with Crippen LogP contribution in [0.1, 0.15) is 0 Å². The fourth-order valence-electron chi connectivity index (χ4n) is 0.936. The van der Waals surface area contributed by atoms with Gasteiger partial charge in [-0.2, -0.15) is 0 Å². The second-order valence-electron chi connectivity index (χ2n) is 3.10. The third-order valence-corrected chi connectivity index (χ3v) is 2.05. The Labute approximate surface area is 87.3 Å². The van der Waals surface area contributed by atoms with Gasteiger partial charge in [0, 0.05) is 25.0 Å². The van der Waals surface area contributed by atoms with Crippen LogP contribution in [0.25, 0.3) is 0 Å². The lowest BCUT2D eigenvalue weighted by molar-refractivity contribution is 0.425. The van der Waals surface area contributed by atoms with Gasteiger partial charge in [-0.1, -0.05) is 0 Å². The summed E-state index contributed by atoms with van der Waals surface area (Å²) in [7, 11) is 4.12. The first-order valence-corrected chi connectivity index (χ1v) is 4.98. The van der Waals surface area contributed by atoms with E-state index in [9.17, 15) is 0 Å². The lowest BCUT2D eigenvalue weighted by atomic mass is 10.4. The Morgan fingerprint density at radius 1 is 1.54 bits per heavy atom. The van der Waals surface area contributed by atoms with Gasteiger partial charge in [-0.15, -0.1) is 0 Å². The number of halogens is 1. The molecule has 0 saturated heterocycles. The summed E-state index contributed by atoms with van der Waals surface area (Å²) < 4.78 is 0.863. The van der Waals surface area contributed by atoms with Gasteiger partial charge in [0.1, 0.15) is 4.60 Å². The van der Waals surface area contributed by atoms with Crippen LogP contribution >= 0.6 is 15.9 Å². The molecule has 0 aliphatic heterocycles. The van der Waals surface area contributed by atoms with Crippen LogP contribution in [0.5, 0.6) is 0 Å². The van der Waals surface area contributed by atoms with Crippen molar-refractivity contribution < 1.29 is 0 Å². The first-order valence-electron chi connectivity index (χ1n) is 4.18. The predicted molar refractivity (Wildman–Crippen MR) is 59.0 cm³/mol. The summed E-state index contributed by atoms with van der Waals surface area (Å²) in [5.74, 6) is 0. The summed E-state index contributed by atoms with van der Waals surface area (Å²) in [6.07, 6.45) is 1.78. The molecule has 1 rings (SSSR count). The molecule has 1 N–H and O–H groups in total. The molecule has 1 aromatic heterocycles. The van der Waals surface area contributed by atoms with Crippen molar-refractivity contribution in [1.29, 1.82) is 0 Å². The van der Waals surface area contributed by atoms with Gasteiger partial charge in [-0.3, -0.25) is 0 Å². The number of likely N-dealkylation sites (N-methyl/N-ethyl adjacent to an activating group) is 1. The van der Waals surface area contributed by atoms with Crippen LogP contribution in [-0.4, -0.2) is 37.1 Å². The highest BCUT2D eigenvalue weighted by atomic mass is 79.9. The van der Waals surface area contributed by atoms with Crippen molar-refractivity contribution >= 4 is 21.6 Å². The zero-order valence-corrected chi connectivity index (χ0v) is 9.50. The van der Waals surface area contributed by atoms with E-state index in [0.717, 1.165) is 23.4 Å². The molecule has 0 amide bonds. The van der Waals surface area contributed by atoms with Gasteiger partial charge >= 0.3 is 0 Å². The normalized spacial score (nSPS) is 10.5. The number of nitrogens with one attached hydrogen (secondary N) is 1. The summed E-state index contributed by atoms with van der Waals surface area (Å²) in [6, 6.07) is 3.93. The minimum atomic E-state index is 0.863. The molecule has 0 atom stereocenters. The molecule has 1 heterocycles. The molecule has 0 spiro atoms. The van der Waals surface area contributed by atoms with Crippen molar-refractivity contribution in [3.05, 3.63) is 22.9 Å². The molecule has 13 heavy (non-hydrogen) atoms. The molecule has 3 nitrogen and oxygen atoms in total. The van der Waals surface area contributed by atoms with Gasteiger partial charge in [0.15, 0.2) is 0 Å². The molecule has 0 aromatic carbocycles. The summed E-state index contributed by atoms with van der Waals surface area (Å²) in [5, 5.41) is 3.31. The molecule has 1 aromatic rings. The van der Waals surface area contributed by atoms with Gasteiger partial charge in [0.05, 0.1) is 0 Å². The number of rotatable bonds is 4. The standard InChI is InChI=1S/C9H14BrN3/c1-13(2)6-5-11-8-3-4-12-9(10)7-8/h3-4,7H,5-6H2,1-2H3,(H,11,12). The Morgan fingerprint density at radius 3 is 2.92 bits per heavy atom. The monoisotopic (exact) mass is 243 g/mol. The van der Waals surface area contributed by atoms with Crippen LogP contribution in [0.4, 0.5) is 5.69 Å². The maximum atomic E-state index is 4.05. The minimum absolute atomic E-state index is 0.863. The van der Waals surface area contributed by atoms with Crippen molar-refractivity contribution in [3.8, 4) is 0 Å². The molecule has 0 radical (unpaired) electrons. The summed E-state index contributed by atoms with van der Waals surface area (Å²) in [5.41, 5.74) is 1.10. The van der Waals surface area contributed by atoms with E-state index in [1.165, 1.54) is 0 Å². The Kier molecular flexibility index (Phi) is 4.18. The van der Waals surface area contributed by atoms with E-state index < -0.39 is 0 Å². The van der Waals surface area contributed by atoms with Gasteiger partial charge in [0.2, 0.25) is 0 Å². The second-order valence-corrected chi connectivity index (χ2v) is 3.91.